The molecule has 0 aliphatic rings. The number of aromatic amines is 1. The van der Waals surface area contributed by atoms with Crippen molar-refractivity contribution in [1.29, 1.82) is 5.26 Å². The van der Waals surface area contributed by atoms with Crippen molar-refractivity contribution in [2.75, 3.05) is 5.73 Å². The zero-order chi connectivity index (χ0) is 13.4. The van der Waals surface area contributed by atoms with Gasteiger partial charge in [-0.2, -0.15) is 15.3 Å². The summed E-state index contributed by atoms with van der Waals surface area (Å²) >= 11 is 0. The van der Waals surface area contributed by atoms with Gasteiger partial charge in [0.15, 0.2) is 5.65 Å². The second kappa shape index (κ2) is 4.03. The maximum atomic E-state index is 13.5. The van der Waals surface area contributed by atoms with E-state index in [2.05, 4.69) is 20.2 Å². The monoisotopic (exact) mass is 254 g/mol. The fourth-order valence-corrected chi connectivity index (χ4v) is 1.86. The van der Waals surface area contributed by atoms with Crippen LogP contribution in [0.3, 0.4) is 0 Å². The summed E-state index contributed by atoms with van der Waals surface area (Å²) in [6.45, 7) is 0. The lowest BCUT2D eigenvalue weighted by molar-refractivity contribution is 0.628. The van der Waals surface area contributed by atoms with Gasteiger partial charge in [0.25, 0.3) is 0 Å². The highest BCUT2D eigenvalue weighted by Gasteiger charge is 2.12. The molecule has 0 spiro atoms. The normalized spacial score (nSPS) is 10.5. The summed E-state index contributed by atoms with van der Waals surface area (Å²) in [7, 11) is 0. The third-order valence-corrected chi connectivity index (χ3v) is 2.63. The van der Waals surface area contributed by atoms with E-state index in [-0.39, 0.29) is 11.5 Å². The largest absolute Gasteiger partial charge is 0.368 e. The molecule has 0 saturated carbocycles. The summed E-state index contributed by atoms with van der Waals surface area (Å²) < 4.78 is 13.5. The van der Waals surface area contributed by atoms with Crippen LogP contribution < -0.4 is 5.73 Å². The molecule has 0 amide bonds. The van der Waals surface area contributed by atoms with Gasteiger partial charge in [0.2, 0.25) is 5.95 Å². The van der Waals surface area contributed by atoms with Crippen LogP contribution in [0.1, 0.15) is 5.56 Å². The number of H-pyrrole nitrogens is 1. The van der Waals surface area contributed by atoms with Crippen LogP contribution in [0.4, 0.5) is 10.3 Å². The second-order valence-corrected chi connectivity index (χ2v) is 3.90. The molecule has 0 atom stereocenters. The van der Waals surface area contributed by atoms with E-state index in [9.17, 15) is 4.39 Å². The molecule has 2 aromatic heterocycles. The smallest absolute Gasteiger partial charge is 0.222 e. The van der Waals surface area contributed by atoms with Crippen molar-refractivity contribution in [3.05, 3.63) is 35.8 Å². The summed E-state index contributed by atoms with van der Waals surface area (Å²) in [5.74, 6) is -0.461. The number of nitriles is 1. The van der Waals surface area contributed by atoms with Gasteiger partial charge >= 0.3 is 0 Å². The molecule has 3 rings (SSSR count). The van der Waals surface area contributed by atoms with E-state index in [4.69, 9.17) is 11.0 Å². The first kappa shape index (κ1) is 11.1. The van der Waals surface area contributed by atoms with E-state index < -0.39 is 5.82 Å². The molecule has 1 aromatic carbocycles. The van der Waals surface area contributed by atoms with Gasteiger partial charge in [-0.1, -0.05) is 0 Å². The van der Waals surface area contributed by atoms with E-state index in [1.54, 1.807) is 0 Å². The van der Waals surface area contributed by atoms with Gasteiger partial charge in [-0.15, -0.1) is 0 Å². The van der Waals surface area contributed by atoms with E-state index in [1.807, 2.05) is 6.07 Å². The predicted molar refractivity (Wildman–Crippen MR) is 66.2 cm³/mol. The van der Waals surface area contributed by atoms with Gasteiger partial charge in [0, 0.05) is 5.56 Å². The highest BCUT2D eigenvalue weighted by molar-refractivity contribution is 5.90. The standard InChI is InChI=1S/C12H7FN6/c13-8-2-6(4-14)1-7(3-8)10-9-5-16-19-11(9)18-12(15)17-10/h1-3,5H,(H3,15,16,17,18,19). The Hall–Kier alpha value is -3.01. The molecule has 3 N–H and O–H groups in total. The molecule has 0 radical (unpaired) electrons. The lowest BCUT2D eigenvalue weighted by Crippen LogP contribution is -1.98. The van der Waals surface area contributed by atoms with Gasteiger partial charge in [-0.3, -0.25) is 5.10 Å². The van der Waals surface area contributed by atoms with Crippen molar-refractivity contribution in [2.45, 2.75) is 0 Å². The van der Waals surface area contributed by atoms with Gasteiger partial charge in [-0.25, -0.2) is 9.37 Å². The first-order valence-corrected chi connectivity index (χ1v) is 5.35. The highest BCUT2D eigenvalue weighted by Crippen LogP contribution is 2.26. The van der Waals surface area contributed by atoms with Crippen LogP contribution in [-0.2, 0) is 0 Å². The average molecular weight is 254 g/mol. The van der Waals surface area contributed by atoms with Crippen molar-refractivity contribution in [3.8, 4) is 17.3 Å². The van der Waals surface area contributed by atoms with Crippen molar-refractivity contribution in [3.63, 3.8) is 0 Å². The third kappa shape index (κ3) is 1.85. The van der Waals surface area contributed by atoms with Gasteiger partial charge in [-0.05, 0) is 18.2 Å². The molecule has 0 aliphatic heterocycles. The second-order valence-electron chi connectivity index (χ2n) is 3.90. The third-order valence-electron chi connectivity index (χ3n) is 2.63. The molecule has 6 nitrogen and oxygen atoms in total. The Kier molecular flexibility index (Phi) is 2.35. The zero-order valence-electron chi connectivity index (χ0n) is 9.55. The molecule has 19 heavy (non-hydrogen) atoms. The Balaban J connectivity index is 2.33. The summed E-state index contributed by atoms with van der Waals surface area (Å²) in [5, 5.41) is 16.0. The molecular weight excluding hydrogens is 247 g/mol. The number of hydrogen-bond donors (Lipinski definition) is 2. The SMILES string of the molecule is N#Cc1cc(F)cc(-c2nc(N)nc3[nH]ncc23)c1. The van der Waals surface area contributed by atoms with E-state index >= 15 is 0 Å². The van der Waals surface area contributed by atoms with Crippen LogP contribution in [0.5, 0.6) is 0 Å². The number of rotatable bonds is 1. The van der Waals surface area contributed by atoms with Crippen LogP contribution >= 0.6 is 0 Å². The minimum absolute atomic E-state index is 0.0505. The van der Waals surface area contributed by atoms with Crippen molar-refractivity contribution in [1.82, 2.24) is 20.2 Å². The molecule has 0 aliphatic carbocycles. The summed E-state index contributed by atoms with van der Waals surface area (Å²) in [4.78, 5) is 8.07. The van der Waals surface area contributed by atoms with Crippen LogP contribution in [0.25, 0.3) is 22.3 Å². The van der Waals surface area contributed by atoms with Crippen LogP contribution in [0.2, 0.25) is 0 Å². The number of nitrogen functional groups attached to an aromatic ring is 1. The first-order chi connectivity index (χ1) is 9.17. The molecule has 0 saturated heterocycles. The molecule has 0 bridgehead atoms. The molecular formula is C12H7FN6. The number of nitrogens with zero attached hydrogens (tertiary/aromatic N) is 4. The fourth-order valence-electron chi connectivity index (χ4n) is 1.86. The van der Waals surface area contributed by atoms with E-state index in [0.717, 1.165) is 6.07 Å². The quantitative estimate of drug-likeness (QED) is 0.686. The van der Waals surface area contributed by atoms with Crippen LogP contribution in [-0.4, -0.2) is 20.2 Å². The van der Waals surface area contributed by atoms with E-state index in [1.165, 1.54) is 18.3 Å². The number of anilines is 1. The maximum absolute atomic E-state index is 13.5. The average Bonchev–Trinajstić information content (AvgIpc) is 2.84. The van der Waals surface area contributed by atoms with Crippen molar-refractivity contribution >= 4 is 17.0 Å². The number of nitrogens with one attached hydrogen (secondary N) is 1. The Bertz CT molecular complexity index is 817. The summed E-state index contributed by atoms with van der Waals surface area (Å²) in [6, 6.07) is 5.88. The number of halogens is 1. The topological polar surface area (TPSA) is 104 Å². The molecule has 7 heteroatoms. The van der Waals surface area contributed by atoms with Crippen LogP contribution in [0, 0.1) is 17.1 Å². The maximum Gasteiger partial charge on any atom is 0.222 e. The molecule has 2 heterocycles. The Labute approximate surface area is 106 Å². The Morgan fingerprint density at radius 1 is 1.26 bits per heavy atom. The Morgan fingerprint density at radius 2 is 2.11 bits per heavy atom. The number of hydrogen-bond acceptors (Lipinski definition) is 5. The lowest BCUT2D eigenvalue weighted by atomic mass is 10.1. The number of fused-ring (bicyclic) bond motifs is 1. The minimum Gasteiger partial charge on any atom is -0.368 e. The lowest BCUT2D eigenvalue weighted by Gasteiger charge is -2.04. The van der Waals surface area contributed by atoms with Crippen molar-refractivity contribution < 1.29 is 4.39 Å². The van der Waals surface area contributed by atoms with Crippen LogP contribution in [0.15, 0.2) is 24.4 Å². The molecule has 92 valence electrons. The summed E-state index contributed by atoms with van der Waals surface area (Å²) in [6.07, 6.45) is 1.53. The number of benzene rings is 1. The predicted octanol–water partition coefficient (Wildman–Crippen LogP) is 1.61. The van der Waals surface area contributed by atoms with Crippen molar-refractivity contribution in [2.24, 2.45) is 0 Å². The molecule has 0 fully saturated rings. The minimum atomic E-state index is -0.511. The highest BCUT2D eigenvalue weighted by atomic mass is 19.1. The Morgan fingerprint density at radius 3 is 2.89 bits per heavy atom. The van der Waals surface area contributed by atoms with E-state index in [0.29, 0.717) is 22.3 Å². The van der Waals surface area contributed by atoms with Gasteiger partial charge in [0.1, 0.15) is 5.82 Å². The molecule has 3 aromatic rings. The number of aromatic nitrogens is 4. The molecule has 0 unspecified atom stereocenters. The number of nitrogens with two attached hydrogens (primary N) is 1. The fraction of sp³-hybridized carbons (Fsp3) is 0. The zero-order valence-corrected chi connectivity index (χ0v) is 9.55. The first-order valence-electron chi connectivity index (χ1n) is 5.35. The summed E-state index contributed by atoms with van der Waals surface area (Å²) in [5.41, 5.74) is 7.17. The van der Waals surface area contributed by atoms with Gasteiger partial charge in [0.05, 0.1) is 28.9 Å². The van der Waals surface area contributed by atoms with Gasteiger partial charge < -0.3 is 5.73 Å².